The van der Waals surface area contributed by atoms with Crippen LogP contribution in [0.1, 0.15) is 11.7 Å². The Hall–Kier alpha value is -2.24. The summed E-state index contributed by atoms with van der Waals surface area (Å²) in [5.74, 6) is 1.04. The van der Waals surface area contributed by atoms with Crippen LogP contribution in [0.2, 0.25) is 5.02 Å². The number of anilines is 1. The van der Waals surface area contributed by atoms with E-state index in [0.29, 0.717) is 17.5 Å². The fraction of sp³-hybridized carbons (Fsp3) is 0.235. The summed E-state index contributed by atoms with van der Waals surface area (Å²) in [6.45, 7) is 0.364. The molecule has 0 spiro atoms. The highest BCUT2D eigenvalue weighted by Crippen LogP contribution is 2.25. The molecule has 0 aliphatic heterocycles. The number of hydrogen-bond donors (Lipinski definition) is 2. The topological polar surface area (TPSA) is 68.9 Å². The van der Waals surface area contributed by atoms with Crippen LogP contribution in [-0.4, -0.2) is 26.7 Å². The van der Waals surface area contributed by atoms with Crippen molar-refractivity contribution in [3.63, 3.8) is 0 Å². The molecule has 0 aliphatic carbocycles. The summed E-state index contributed by atoms with van der Waals surface area (Å²) < 4.78 is 10.6. The van der Waals surface area contributed by atoms with Gasteiger partial charge in [0.05, 0.1) is 13.7 Å². The summed E-state index contributed by atoms with van der Waals surface area (Å²) in [7, 11) is 3.23. The molecule has 5 nitrogen and oxygen atoms in total. The second-order valence-corrected chi connectivity index (χ2v) is 5.24. The summed E-state index contributed by atoms with van der Waals surface area (Å²) in [5.41, 5.74) is 7.61. The van der Waals surface area contributed by atoms with Crippen molar-refractivity contribution in [1.82, 2.24) is 0 Å². The summed E-state index contributed by atoms with van der Waals surface area (Å²) in [6.07, 6.45) is -0.255. The first-order chi connectivity index (χ1) is 11.1. The van der Waals surface area contributed by atoms with Crippen LogP contribution in [0.25, 0.3) is 0 Å². The minimum absolute atomic E-state index is 0.255. The predicted molar refractivity (Wildman–Crippen MR) is 94.3 cm³/mol. The van der Waals surface area contributed by atoms with Crippen LogP contribution < -0.4 is 15.8 Å². The van der Waals surface area contributed by atoms with Crippen molar-refractivity contribution < 1.29 is 9.47 Å². The van der Waals surface area contributed by atoms with Gasteiger partial charge in [0, 0.05) is 29.4 Å². The lowest BCUT2D eigenvalue weighted by molar-refractivity contribution is 0.111. The van der Waals surface area contributed by atoms with Crippen LogP contribution in [0, 0.1) is 0 Å². The molecule has 0 heterocycles. The number of nitrogens with one attached hydrogen (secondary N) is 1. The molecule has 122 valence electrons. The molecule has 2 rings (SSSR count). The summed E-state index contributed by atoms with van der Waals surface area (Å²) in [4.78, 5) is 4.32. The van der Waals surface area contributed by atoms with Crippen molar-refractivity contribution in [3.8, 4) is 5.75 Å². The van der Waals surface area contributed by atoms with E-state index in [1.165, 1.54) is 0 Å². The number of halogens is 1. The highest BCUT2D eigenvalue weighted by atomic mass is 35.5. The molecular formula is C17H20ClN3O2. The summed E-state index contributed by atoms with van der Waals surface area (Å²) in [6, 6.07) is 15.0. The van der Waals surface area contributed by atoms with E-state index in [-0.39, 0.29) is 6.10 Å². The maximum atomic E-state index is 6.19. The van der Waals surface area contributed by atoms with Gasteiger partial charge >= 0.3 is 0 Å². The quantitative estimate of drug-likeness (QED) is 0.627. The minimum atomic E-state index is -0.255. The number of hydrogen-bond acceptors (Lipinski definition) is 3. The van der Waals surface area contributed by atoms with Crippen LogP contribution in [0.4, 0.5) is 5.69 Å². The zero-order valence-electron chi connectivity index (χ0n) is 13.1. The smallest absolute Gasteiger partial charge is 0.193 e. The molecule has 0 aromatic heterocycles. The highest BCUT2D eigenvalue weighted by Gasteiger charge is 2.13. The number of guanidine groups is 1. The number of rotatable bonds is 6. The number of nitrogens with two attached hydrogens (primary N) is 1. The van der Waals surface area contributed by atoms with Gasteiger partial charge in [0.1, 0.15) is 11.9 Å². The predicted octanol–water partition coefficient (Wildman–Crippen LogP) is 3.46. The molecule has 0 saturated carbocycles. The Morgan fingerprint density at radius 3 is 2.70 bits per heavy atom. The molecule has 0 radical (unpaired) electrons. The first kappa shape index (κ1) is 17.1. The molecule has 2 aromatic rings. The molecule has 1 atom stereocenters. The number of aliphatic imine (C=N–C) groups is 1. The van der Waals surface area contributed by atoms with Crippen molar-refractivity contribution in [3.05, 3.63) is 59.1 Å². The number of ether oxygens (including phenoxy) is 2. The lowest BCUT2D eigenvalue weighted by Gasteiger charge is -2.15. The Bertz CT molecular complexity index is 676. The standard InChI is InChI=1S/C17H20ClN3O2/c1-22-13-7-5-6-12(10-13)21-17(19)20-11-16(23-2)14-8-3-4-9-15(14)18/h3-10,16H,11H2,1-2H3,(H3,19,20,21). The largest absolute Gasteiger partial charge is 0.497 e. The van der Waals surface area contributed by atoms with Gasteiger partial charge in [-0.1, -0.05) is 35.9 Å². The minimum Gasteiger partial charge on any atom is -0.497 e. The normalized spacial score (nSPS) is 12.7. The van der Waals surface area contributed by atoms with Gasteiger partial charge in [-0.05, 0) is 18.2 Å². The lowest BCUT2D eigenvalue weighted by Crippen LogP contribution is -2.24. The molecule has 6 heteroatoms. The molecule has 1 unspecified atom stereocenters. The van der Waals surface area contributed by atoms with Gasteiger partial charge in [0.15, 0.2) is 5.96 Å². The number of benzene rings is 2. The third-order valence-electron chi connectivity index (χ3n) is 3.31. The van der Waals surface area contributed by atoms with Crippen LogP contribution in [-0.2, 0) is 4.74 Å². The van der Waals surface area contributed by atoms with Gasteiger partial charge in [0.2, 0.25) is 0 Å². The molecule has 0 saturated heterocycles. The fourth-order valence-electron chi connectivity index (χ4n) is 2.11. The maximum Gasteiger partial charge on any atom is 0.193 e. The second-order valence-electron chi connectivity index (χ2n) is 4.83. The average Bonchev–Trinajstić information content (AvgIpc) is 2.57. The zero-order valence-corrected chi connectivity index (χ0v) is 13.9. The van der Waals surface area contributed by atoms with E-state index >= 15 is 0 Å². The summed E-state index contributed by atoms with van der Waals surface area (Å²) in [5, 5.41) is 3.67. The molecule has 0 bridgehead atoms. The molecule has 2 aromatic carbocycles. The van der Waals surface area contributed by atoms with E-state index in [1.54, 1.807) is 14.2 Å². The van der Waals surface area contributed by atoms with Crippen molar-refractivity contribution in [2.45, 2.75) is 6.10 Å². The third-order valence-corrected chi connectivity index (χ3v) is 3.65. The van der Waals surface area contributed by atoms with Crippen LogP contribution in [0.3, 0.4) is 0 Å². The van der Waals surface area contributed by atoms with Gasteiger partial charge in [-0.25, -0.2) is 0 Å². The Balaban J connectivity index is 2.04. The Kier molecular flexibility index (Phi) is 6.26. The second kappa shape index (κ2) is 8.41. The van der Waals surface area contributed by atoms with Crippen LogP contribution >= 0.6 is 11.6 Å². The SMILES string of the molecule is COc1cccc(NC(N)=NCC(OC)c2ccccc2Cl)c1. The van der Waals surface area contributed by atoms with E-state index in [0.717, 1.165) is 17.0 Å². The van der Waals surface area contributed by atoms with E-state index in [4.69, 9.17) is 26.8 Å². The maximum absolute atomic E-state index is 6.19. The Morgan fingerprint density at radius 1 is 1.22 bits per heavy atom. The molecule has 0 fully saturated rings. The molecule has 0 amide bonds. The number of nitrogens with zero attached hydrogens (tertiary/aromatic N) is 1. The Morgan fingerprint density at radius 2 is 2.00 bits per heavy atom. The van der Waals surface area contributed by atoms with Gasteiger partial charge in [0.25, 0.3) is 0 Å². The van der Waals surface area contributed by atoms with Crippen molar-refractivity contribution in [2.24, 2.45) is 10.7 Å². The molecule has 3 N–H and O–H groups in total. The van der Waals surface area contributed by atoms with E-state index < -0.39 is 0 Å². The molecular weight excluding hydrogens is 314 g/mol. The number of methoxy groups -OCH3 is 2. The molecule has 23 heavy (non-hydrogen) atoms. The van der Waals surface area contributed by atoms with Gasteiger partial charge in [-0.2, -0.15) is 0 Å². The van der Waals surface area contributed by atoms with E-state index in [2.05, 4.69) is 10.3 Å². The fourth-order valence-corrected chi connectivity index (χ4v) is 2.36. The molecule has 0 aliphatic rings. The van der Waals surface area contributed by atoms with Crippen molar-refractivity contribution in [2.75, 3.05) is 26.1 Å². The van der Waals surface area contributed by atoms with Crippen molar-refractivity contribution in [1.29, 1.82) is 0 Å². The lowest BCUT2D eigenvalue weighted by atomic mass is 10.1. The third kappa shape index (κ3) is 4.87. The zero-order chi connectivity index (χ0) is 16.7. The van der Waals surface area contributed by atoms with E-state index in [9.17, 15) is 0 Å². The van der Waals surface area contributed by atoms with Crippen LogP contribution in [0.5, 0.6) is 5.75 Å². The monoisotopic (exact) mass is 333 g/mol. The first-order valence-electron chi connectivity index (χ1n) is 7.12. The van der Waals surface area contributed by atoms with E-state index in [1.807, 2.05) is 48.5 Å². The highest BCUT2D eigenvalue weighted by molar-refractivity contribution is 6.31. The van der Waals surface area contributed by atoms with Crippen LogP contribution in [0.15, 0.2) is 53.5 Å². The first-order valence-corrected chi connectivity index (χ1v) is 7.50. The Labute approximate surface area is 141 Å². The average molecular weight is 334 g/mol. The summed E-state index contributed by atoms with van der Waals surface area (Å²) >= 11 is 6.19. The van der Waals surface area contributed by atoms with Crippen molar-refractivity contribution >= 4 is 23.2 Å². The van der Waals surface area contributed by atoms with Gasteiger partial charge < -0.3 is 20.5 Å². The van der Waals surface area contributed by atoms with Gasteiger partial charge in [-0.3, -0.25) is 4.99 Å². The van der Waals surface area contributed by atoms with Gasteiger partial charge in [-0.15, -0.1) is 0 Å².